The van der Waals surface area contributed by atoms with Crippen molar-refractivity contribution >= 4 is 17.5 Å². The number of nitrogens with zero attached hydrogens (tertiary/aromatic N) is 3. The van der Waals surface area contributed by atoms with Crippen molar-refractivity contribution in [3.63, 3.8) is 0 Å². The smallest absolute Gasteiger partial charge is 0.394 e. The minimum Gasteiger partial charge on any atom is -0.394 e. The third-order valence-electron chi connectivity index (χ3n) is 5.13. The Morgan fingerprint density at radius 1 is 1.11 bits per heavy atom. The van der Waals surface area contributed by atoms with Crippen LogP contribution in [0.3, 0.4) is 0 Å². The van der Waals surface area contributed by atoms with E-state index in [0.717, 1.165) is 6.07 Å². The number of carbonyl (C=O) groups is 1. The van der Waals surface area contributed by atoms with E-state index < -0.39 is 56.0 Å². The first-order valence-corrected chi connectivity index (χ1v) is 10.7. The summed E-state index contributed by atoms with van der Waals surface area (Å²) in [6.07, 6.45) is -10.7. The highest BCUT2D eigenvalue weighted by Crippen LogP contribution is 2.25. The molecule has 3 N–H and O–H groups in total. The molecule has 1 amide bonds. The normalized spacial score (nSPS) is 13.6. The van der Waals surface area contributed by atoms with Gasteiger partial charge < -0.3 is 15.5 Å². The lowest BCUT2D eigenvalue weighted by molar-refractivity contribution is -0.207. The minimum atomic E-state index is -5.02. The number of nitrogens with one attached hydrogen (secondary N) is 1. The van der Waals surface area contributed by atoms with Gasteiger partial charge in [0.1, 0.15) is 6.54 Å². The first-order chi connectivity index (χ1) is 16.9. The van der Waals surface area contributed by atoms with E-state index in [-0.39, 0.29) is 22.5 Å². The van der Waals surface area contributed by atoms with Crippen LogP contribution in [0, 0.1) is 0 Å². The van der Waals surface area contributed by atoms with E-state index in [9.17, 15) is 41.8 Å². The number of rotatable bonds is 9. The molecule has 0 saturated carbocycles. The number of aliphatic hydroxyl groups excluding tert-OH is 2. The van der Waals surface area contributed by atoms with Gasteiger partial charge in [0.2, 0.25) is 5.91 Å². The second kappa shape index (κ2) is 11.2. The molecule has 3 aromatic rings. The molecule has 8 nitrogen and oxygen atoms in total. The lowest BCUT2D eigenvalue weighted by Crippen LogP contribution is -2.39. The van der Waals surface area contributed by atoms with Gasteiger partial charge in [-0.25, -0.2) is 18.3 Å². The Morgan fingerprint density at radius 2 is 1.75 bits per heavy atom. The van der Waals surface area contributed by atoms with Crippen molar-refractivity contribution in [3.8, 4) is 11.4 Å². The molecule has 2 aromatic carbocycles. The van der Waals surface area contributed by atoms with Crippen molar-refractivity contribution in [2.24, 2.45) is 0 Å². The highest BCUT2D eigenvalue weighted by atomic mass is 35.5. The molecule has 0 saturated heterocycles. The SMILES string of the molecule is O=C(Cn1nc(-c2ccc(Cl)cc2)n(C[C@H](O)C(F)(F)F)c1=O)NC(CO)c1cccc(C(F)F)c1. The molecule has 0 bridgehead atoms. The molecule has 14 heteroatoms. The van der Waals surface area contributed by atoms with E-state index in [4.69, 9.17) is 11.6 Å². The molecule has 0 radical (unpaired) electrons. The molecular formula is C22H20ClF5N4O4. The van der Waals surface area contributed by atoms with Crippen LogP contribution in [-0.4, -0.2) is 49.4 Å². The fraction of sp³-hybridized carbons (Fsp3) is 0.318. The maximum Gasteiger partial charge on any atom is 0.416 e. The molecule has 2 atom stereocenters. The Labute approximate surface area is 205 Å². The lowest BCUT2D eigenvalue weighted by Gasteiger charge is -2.17. The van der Waals surface area contributed by atoms with Crippen molar-refractivity contribution in [2.75, 3.05) is 6.61 Å². The van der Waals surface area contributed by atoms with Crippen LogP contribution in [-0.2, 0) is 17.9 Å². The Kier molecular flexibility index (Phi) is 8.48. The van der Waals surface area contributed by atoms with Crippen molar-refractivity contribution < 1.29 is 37.0 Å². The Balaban J connectivity index is 1.89. The molecule has 1 aromatic heterocycles. The summed E-state index contributed by atoms with van der Waals surface area (Å²) in [6.45, 7) is -2.60. The molecule has 194 valence electrons. The zero-order valence-corrected chi connectivity index (χ0v) is 19.0. The highest BCUT2D eigenvalue weighted by molar-refractivity contribution is 6.30. The van der Waals surface area contributed by atoms with Crippen LogP contribution in [0.5, 0.6) is 0 Å². The monoisotopic (exact) mass is 534 g/mol. The number of carbonyl (C=O) groups excluding carboxylic acids is 1. The van der Waals surface area contributed by atoms with Crippen molar-refractivity contribution in [1.82, 2.24) is 19.7 Å². The zero-order valence-electron chi connectivity index (χ0n) is 18.3. The quantitative estimate of drug-likeness (QED) is 0.366. The second-order valence-electron chi connectivity index (χ2n) is 7.71. The number of aliphatic hydroxyl groups is 2. The van der Waals surface area contributed by atoms with Crippen LogP contribution < -0.4 is 11.0 Å². The Bertz CT molecular complexity index is 1260. The average Bonchev–Trinajstić information content (AvgIpc) is 3.12. The topological polar surface area (TPSA) is 109 Å². The van der Waals surface area contributed by atoms with Gasteiger partial charge in [-0.05, 0) is 35.9 Å². The molecule has 3 rings (SSSR count). The molecule has 0 aliphatic carbocycles. The van der Waals surface area contributed by atoms with E-state index in [1.165, 1.54) is 42.5 Å². The Morgan fingerprint density at radius 3 is 2.33 bits per heavy atom. The lowest BCUT2D eigenvalue weighted by atomic mass is 10.0. The van der Waals surface area contributed by atoms with E-state index in [0.29, 0.717) is 14.3 Å². The van der Waals surface area contributed by atoms with E-state index >= 15 is 0 Å². The maximum absolute atomic E-state index is 13.0. The summed E-state index contributed by atoms with van der Waals surface area (Å²) < 4.78 is 66.0. The molecule has 0 spiro atoms. The first kappa shape index (κ1) is 27.3. The molecule has 0 aliphatic rings. The molecular weight excluding hydrogens is 515 g/mol. The molecule has 1 unspecified atom stereocenters. The number of alkyl halides is 5. The minimum absolute atomic E-state index is 0.177. The summed E-state index contributed by atoms with van der Waals surface area (Å²) in [5, 5.41) is 25.8. The van der Waals surface area contributed by atoms with Gasteiger partial charge in [0.15, 0.2) is 11.9 Å². The number of hydrogen-bond donors (Lipinski definition) is 3. The van der Waals surface area contributed by atoms with Crippen LogP contribution in [0.15, 0.2) is 53.3 Å². The van der Waals surface area contributed by atoms with Gasteiger partial charge in [-0.3, -0.25) is 9.36 Å². The van der Waals surface area contributed by atoms with Crippen molar-refractivity contribution in [2.45, 2.75) is 37.8 Å². The summed E-state index contributed by atoms with van der Waals surface area (Å²) in [5.41, 5.74) is -1.07. The second-order valence-corrected chi connectivity index (χ2v) is 8.15. The van der Waals surface area contributed by atoms with Gasteiger partial charge >= 0.3 is 11.9 Å². The van der Waals surface area contributed by atoms with Crippen molar-refractivity contribution in [1.29, 1.82) is 0 Å². The fourth-order valence-corrected chi connectivity index (χ4v) is 3.45. The zero-order chi connectivity index (χ0) is 26.6. The fourth-order valence-electron chi connectivity index (χ4n) is 3.32. The largest absolute Gasteiger partial charge is 0.416 e. The van der Waals surface area contributed by atoms with Gasteiger partial charge in [0.05, 0.1) is 19.2 Å². The van der Waals surface area contributed by atoms with E-state index in [1.54, 1.807) is 0 Å². The third kappa shape index (κ3) is 6.47. The van der Waals surface area contributed by atoms with Crippen LogP contribution in [0.4, 0.5) is 22.0 Å². The van der Waals surface area contributed by atoms with Crippen LogP contribution >= 0.6 is 11.6 Å². The van der Waals surface area contributed by atoms with Gasteiger partial charge in [-0.1, -0.05) is 29.8 Å². The van der Waals surface area contributed by atoms with Crippen molar-refractivity contribution in [3.05, 3.63) is 75.2 Å². The van der Waals surface area contributed by atoms with E-state index in [2.05, 4.69) is 10.4 Å². The number of amides is 1. The highest BCUT2D eigenvalue weighted by Gasteiger charge is 2.39. The van der Waals surface area contributed by atoms with Crippen LogP contribution in [0.2, 0.25) is 5.02 Å². The summed E-state index contributed by atoms with van der Waals surface area (Å²) in [5.74, 6) is -1.13. The number of hydrogen-bond acceptors (Lipinski definition) is 5. The summed E-state index contributed by atoms with van der Waals surface area (Å²) in [6, 6.07) is 9.51. The van der Waals surface area contributed by atoms with Gasteiger partial charge in [-0.2, -0.15) is 13.2 Å². The Hall–Kier alpha value is -3.29. The van der Waals surface area contributed by atoms with Gasteiger partial charge in [-0.15, -0.1) is 5.10 Å². The van der Waals surface area contributed by atoms with Gasteiger partial charge in [0, 0.05) is 16.1 Å². The molecule has 1 heterocycles. The van der Waals surface area contributed by atoms with E-state index in [1.807, 2.05) is 0 Å². The molecule has 0 aliphatic heterocycles. The first-order valence-electron chi connectivity index (χ1n) is 10.4. The number of benzene rings is 2. The summed E-state index contributed by atoms with van der Waals surface area (Å²) in [4.78, 5) is 25.4. The van der Waals surface area contributed by atoms with Crippen LogP contribution in [0.25, 0.3) is 11.4 Å². The average molecular weight is 535 g/mol. The summed E-state index contributed by atoms with van der Waals surface area (Å²) in [7, 11) is 0. The summed E-state index contributed by atoms with van der Waals surface area (Å²) >= 11 is 5.83. The van der Waals surface area contributed by atoms with Gasteiger partial charge in [0.25, 0.3) is 6.43 Å². The molecule has 36 heavy (non-hydrogen) atoms. The maximum atomic E-state index is 13.0. The van der Waals surface area contributed by atoms with Crippen LogP contribution in [0.1, 0.15) is 23.6 Å². The number of halogens is 6. The predicted molar refractivity (Wildman–Crippen MR) is 118 cm³/mol. The standard InChI is InChI=1S/C22H20ClF5N4O4/c23-15-6-4-12(5-7-15)20-30-32(21(36)31(20)9-17(34)22(26,27)28)10-18(35)29-16(11-33)13-2-1-3-14(8-13)19(24)25/h1-8,16-17,19,33-34H,9-11H2,(H,29,35)/t16?,17-/m0/s1. The molecule has 0 fully saturated rings. The number of aromatic nitrogens is 3. The third-order valence-corrected chi connectivity index (χ3v) is 5.39. The predicted octanol–water partition coefficient (Wildman–Crippen LogP) is 3.08.